The van der Waals surface area contributed by atoms with Gasteiger partial charge in [-0.3, -0.25) is 0 Å². The summed E-state index contributed by atoms with van der Waals surface area (Å²) in [4.78, 5) is 2.46. The van der Waals surface area contributed by atoms with E-state index in [1.165, 1.54) is 31.5 Å². The van der Waals surface area contributed by atoms with Crippen molar-refractivity contribution in [2.24, 2.45) is 11.8 Å². The van der Waals surface area contributed by atoms with E-state index >= 15 is 0 Å². The zero-order valence-electron chi connectivity index (χ0n) is 13.8. The summed E-state index contributed by atoms with van der Waals surface area (Å²) in [6.45, 7) is 13.0. The van der Waals surface area contributed by atoms with Crippen molar-refractivity contribution in [3.63, 3.8) is 0 Å². The molecular weight excluding hydrogens is 230 g/mol. The first-order chi connectivity index (χ1) is 9.22. The molecule has 1 heteroatoms. The van der Waals surface area contributed by atoms with Crippen LogP contribution in [-0.4, -0.2) is 25.0 Å². The fourth-order valence-electron chi connectivity index (χ4n) is 2.73. The van der Waals surface area contributed by atoms with Crippen LogP contribution in [0.3, 0.4) is 0 Å². The molecule has 0 N–H and O–H groups in total. The molecule has 1 aliphatic heterocycles. The lowest BCUT2D eigenvalue weighted by molar-refractivity contribution is 0.164. The van der Waals surface area contributed by atoms with Gasteiger partial charge in [0.1, 0.15) is 0 Å². The molecule has 0 aromatic rings. The number of hydrogen-bond acceptors (Lipinski definition) is 1. The van der Waals surface area contributed by atoms with E-state index in [1.807, 2.05) is 13.8 Å². The third-order valence-electron chi connectivity index (χ3n) is 3.75. The van der Waals surface area contributed by atoms with E-state index in [1.54, 1.807) is 0 Å². The number of piperidine rings is 1. The highest BCUT2D eigenvalue weighted by atomic mass is 15.1. The lowest BCUT2D eigenvalue weighted by Crippen LogP contribution is -2.38. The minimum absolute atomic E-state index is 0.700. The lowest BCUT2D eigenvalue weighted by atomic mass is 9.78. The van der Waals surface area contributed by atoms with Crippen LogP contribution in [0.2, 0.25) is 0 Å². The summed E-state index contributed by atoms with van der Waals surface area (Å²) in [7, 11) is 2.24. The summed E-state index contributed by atoms with van der Waals surface area (Å²) < 4.78 is 0. The Morgan fingerprint density at radius 3 is 2.42 bits per heavy atom. The first kappa shape index (κ1) is 18.2. The highest BCUT2D eigenvalue weighted by molar-refractivity contribution is 5.27. The van der Waals surface area contributed by atoms with Crippen LogP contribution in [-0.2, 0) is 0 Å². The van der Waals surface area contributed by atoms with Crippen molar-refractivity contribution in [1.82, 2.24) is 4.90 Å². The van der Waals surface area contributed by atoms with Gasteiger partial charge in [0.25, 0.3) is 0 Å². The summed E-state index contributed by atoms with van der Waals surface area (Å²) in [5.41, 5.74) is 1.49. The lowest BCUT2D eigenvalue weighted by Gasteiger charge is -2.37. The van der Waals surface area contributed by atoms with E-state index in [0.29, 0.717) is 5.92 Å². The monoisotopic (exact) mass is 263 g/mol. The maximum atomic E-state index is 2.46. The Balaban J connectivity index is 0.00000154. The number of hydrogen-bond donors (Lipinski definition) is 0. The van der Waals surface area contributed by atoms with Crippen LogP contribution >= 0.6 is 0 Å². The Kier molecular flexibility index (Phi) is 10.6. The van der Waals surface area contributed by atoms with Crippen molar-refractivity contribution in [1.29, 1.82) is 0 Å². The summed E-state index contributed by atoms with van der Waals surface area (Å²) >= 11 is 0. The van der Waals surface area contributed by atoms with E-state index in [2.05, 4.69) is 63.1 Å². The van der Waals surface area contributed by atoms with Gasteiger partial charge in [0, 0.05) is 6.54 Å². The quantitative estimate of drug-likeness (QED) is 0.640. The first-order valence-electron chi connectivity index (χ1n) is 7.87. The molecule has 2 atom stereocenters. The van der Waals surface area contributed by atoms with Crippen LogP contribution in [0.4, 0.5) is 0 Å². The van der Waals surface area contributed by atoms with Crippen LogP contribution in [0.1, 0.15) is 47.5 Å². The number of likely N-dealkylation sites (tertiary alicyclic amines) is 1. The first-order valence-corrected chi connectivity index (χ1v) is 7.87. The molecule has 0 aromatic carbocycles. The Morgan fingerprint density at radius 2 is 1.89 bits per heavy atom. The zero-order chi connectivity index (χ0) is 14.7. The third kappa shape index (κ3) is 6.24. The van der Waals surface area contributed by atoms with E-state index in [-0.39, 0.29) is 0 Å². The largest absolute Gasteiger partial charge is 0.306 e. The Morgan fingerprint density at radius 1 is 1.21 bits per heavy atom. The van der Waals surface area contributed by atoms with Crippen molar-refractivity contribution in [2.45, 2.75) is 47.5 Å². The molecule has 0 radical (unpaired) electrons. The predicted molar refractivity (Wildman–Crippen MR) is 88.4 cm³/mol. The van der Waals surface area contributed by atoms with Crippen molar-refractivity contribution < 1.29 is 0 Å². The van der Waals surface area contributed by atoms with Gasteiger partial charge in [0.2, 0.25) is 0 Å². The van der Waals surface area contributed by atoms with Crippen LogP contribution in [0.15, 0.2) is 36.0 Å². The average molecular weight is 263 g/mol. The maximum Gasteiger partial charge on any atom is 0.00499 e. The molecule has 1 rings (SSSR count). The second kappa shape index (κ2) is 11.0. The highest BCUT2D eigenvalue weighted by Crippen LogP contribution is 2.32. The standard InChI is InChI=1S/C16H27N.C2H6/c1-5-8-10-15(9-6-2)16-13-17(4)12-11-14(16)7-3;1-2/h5-6,8-10,14,16H,7,11-13H2,1-4H3;1-2H3/b8-5-,9-6-,15-10+;. The van der Waals surface area contributed by atoms with Crippen molar-refractivity contribution in [3.05, 3.63) is 36.0 Å². The van der Waals surface area contributed by atoms with Gasteiger partial charge in [-0.25, -0.2) is 0 Å². The summed E-state index contributed by atoms with van der Waals surface area (Å²) in [6, 6.07) is 0. The third-order valence-corrected chi connectivity index (χ3v) is 3.75. The number of allylic oxidation sites excluding steroid dienone is 5. The van der Waals surface area contributed by atoms with E-state index in [0.717, 1.165) is 5.92 Å². The molecule has 1 aliphatic rings. The smallest absolute Gasteiger partial charge is 0.00499 e. The molecule has 0 saturated carbocycles. The second-order valence-electron chi connectivity index (χ2n) is 5.02. The Hall–Kier alpha value is -0.820. The minimum Gasteiger partial charge on any atom is -0.306 e. The fourth-order valence-corrected chi connectivity index (χ4v) is 2.73. The van der Waals surface area contributed by atoms with E-state index in [4.69, 9.17) is 0 Å². The summed E-state index contributed by atoms with van der Waals surface area (Å²) in [6.07, 6.45) is 13.6. The molecule has 1 fully saturated rings. The van der Waals surface area contributed by atoms with Crippen LogP contribution in [0.5, 0.6) is 0 Å². The summed E-state index contributed by atoms with van der Waals surface area (Å²) in [5.74, 6) is 1.55. The average Bonchev–Trinajstić information content (AvgIpc) is 2.45. The van der Waals surface area contributed by atoms with E-state index in [9.17, 15) is 0 Å². The minimum atomic E-state index is 0.700. The topological polar surface area (TPSA) is 3.24 Å². The second-order valence-corrected chi connectivity index (χ2v) is 5.02. The molecular formula is C18H33N. The fraction of sp³-hybridized carbons (Fsp3) is 0.667. The van der Waals surface area contributed by atoms with Crippen molar-refractivity contribution >= 4 is 0 Å². The molecule has 0 bridgehead atoms. The normalized spacial score (nSPS) is 25.7. The molecule has 110 valence electrons. The molecule has 1 saturated heterocycles. The molecule has 19 heavy (non-hydrogen) atoms. The van der Waals surface area contributed by atoms with Gasteiger partial charge >= 0.3 is 0 Å². The Labute approximate surface area is 121 Å². The van der Waals surface area contributed by atoms with Gasteiger partial charge in [0.15, 0.2) is 0 Å². The number of nitrogens with zero attached hydrogens (tertiary/aromatic N) is 1. The van der Waals surface area contributed by atoms with E-state index < -0.39 is 0 Å². The van der Waals surface area contributed by atoms with Gasteiger partial charge in [-0.1, -0.05) is 57.6 Å². The predicted octanol–water partition coefficient (Wildman–Crippen LogP) is 5.07. The highest BCUT2D eigenvalue weighted by Gasteiger charge is 2.27. The molecule has 0 aliphatic carbocycles. The van der Waals surface area contributed by atoms with Gasteiger partial charge in [-0.15, -0.1) is 0 Å². The van der Waals surface area contributed by atoms with Gasteiger partial charge in [0.05, 0.1) is 0 Å². The SMILES string of the molecule is CC.C\C=C/C=C(\C=C/C)C1CN(C)CCC1CC. The van der Waals surface area contributed by atoms with Gasteiger partial charge in [-0.05, 0) is 51.3 Å². The van der Waals surface area contributed by atoms with Crippen LogP contribution in [0, 0.1) is 11.8 Å². The summed E-state index contributed by atoms with van der Waals surface area (Å²) in [5, 5.41) is 0. The molecule has 1 nitrogen and oxygen atoms in total. The van der Waals surface area contributed by atoms with Crippen LogP contribution in [0.25, 0.3) is 0 Å². The number of rotatable bonds is 4. The van der Waals surface area contributed by atoms with Gasteiger partial charge < -0.3 is 4.90 Å². The van der Waals surface area contributed by atoms with Crippen LogP contribution < -0.4 is 0 Å². The molecule has 2 unspecified atom stereocenters. The van der Waals surface area contributed by atoms with Crippen molar-refractivity contribution in [3.8, 4) is 0 Å². The Bertz CT molecular complexity index is 299. The maximum absolute atomic E-state index is 2.46. The molecule has 0 spiro atoms. The van der Waals surface area contributed by atoms with Crippen molar-refractivity contribution in [2.75, 3.05) is 20.1 Å². The molecule has 0 amide bonds. The van der Waals surface area contributed by atoms with Gasteiger partial charge in [-0.2, -0.15) is 0 Å². The molecule has 1 heterocycles. The molecule has 0 aromatic heterocycles. The zero-order valence-corrected chi connectivity index (χ0v) is 13.8.